The van der Waals surface area contributed by atoms with Gasteiger partial charge in [0.1, 0.15) is 0 Å². The first-order valence-electron chi connectivity index (χ1n) is 5.31. The highest BCUT2D eigenvalue weighted by molar-refractivity contribution is 4.98. The van der Waals surface area contributed by atoms with Crippen molar-refractivity contribution >= 4 is 0 Å². The van der Waals surface area contributed by atoms with Crippen LogP contribution in [0.2, 0.25) is 0 Å². The van der Waals surface area contributed by atoms with Gasteiger partial charge in [0.25, 0.3) is 0 Å². The van der Waals surface area contributed by atoms with Gasteiger partial charge in [-0.25, -0.2) is 0 Å². The molecule has 4 nitrogen and oxygen atoms in total. The van der Waals surface area contributed by atoms with Crippen LogP contribution in [0.3, 0.4) is 0 Å². The fourth-order valence-corrected chi connectivity index (χ4v) is 1.71. The van der Waals surface area contributed by atoms with E-state index in [1.165, 1.54) is 6.42 Å². The minimum atomic E-state index is 0.351. The summed E-state index contributed by atoms with van der Waals surface area (Å²) in [6.45, 7) is 6.24. The molecule has 1 aliphatic rings. The lowest BCUT2D eigenvalue weighted by atomic mass is 10.00. The zero-order chi connectivity index (χ0) is 9.97. The van der Waals surface area contributed by atoms with Crippen LogP contribution in [0, 0.1) is 0 Å². The standard InChI is InChI=1S/C10H17N3O/c1-7(2)9-12-10(14-13-9)8-4-3-5-11-6-8/h7-8,11H,3-6H2,1-2H3/t8-/m1/s1. The summed E-state index contributed by atoms with van der Waals surface area (Å²) in [6, 6.07) is 0. The lowest BCUT2D eigenvalue weighted by molar-refractivity contribution is 0.319. The predicted molar refractivity (Wildman–Crippen MR) is 53.2 cm³/mol. The highest BCUT2D eigenvalue weighted by atomic mass is 16.5. The fourth-order valence-electron chi connectivity index (χ4n) is 1.71. The molecule has 1 aliphatic heterocycles. The Hall–Kier alpha value is -0.900. The second-order valence-electron chi connectivity index (χ2n) is 4.19. The topological polar surface area (TPSA) is 51.0 Å². The number of nitrogens with one attached hydrogen (secondary N) is 1. The Morgan fingerprint density at radius 3 is 2.93 bits per heavy atom. The van der Waals surface area contributed by atoms with Crippen LogP contribution in [0.25, 0.3) is 0 Å². The van der Waals surface area contributed by atoms with E-state index in [9.17, 15) is 0 Å². The highest BCUT2D eigenvalue weighted by Crippen LogP contribution is 2.22. The Kier molecular flexibility index (Phi) is 2.82. The molecule has 0 bridgehead atoms. The molecule has 1 N–H and O–H groups in total. The van der Waals surface area contributed by atoms with Gasteiger partial charge in [0.2, 0.25) is 5.89 Å². The second kappa shape index (κ2) is 4.09. The van der Waals surface area contributed by atoms with E-state index in [1.807, 2.05) is 0 Å². The third kappa shape index (κ3) is 1.95. The van der Waals surface area contributed by atoms with E-state index in [0.717, 1.165) is 31.2 Å². The van der Waals surface area contributed by atoms with E-state index in [-0.39, 0.29) is 0 Å². The lowest BCUT2D eigenvalue weighted by Crippen LogP contribution is -2.28. The Morgan fingerprint density at radius 2 is 2.36 bits per heavy atom. The largest absolute Gasteiger partial charge is 0.339 e. The van der Waals surface area contributed by atoms with Gasteiger partial charge in [0.05, 0.1) is 5.92 Å². The maximum absolute atomic E-state index is 5.26. The summed E-state index contributed by atoms with van der Waals surface area (Å²) in [4.78, 5) is 4.42. The first-order valence-corrected chi connectivity index (χ1v) is 5.31. The molecule has 2 rings (SSSR count). The van der Waals surface area contributed by atoms with Crippen molar-refractivity contribution in [2.24, 2.45) is 0 Å². The van der Waals surface area contributed by atoms with Crippen molar-refractivity contribution in [2.45, 2.75) is 38.5 Å². The van der Waals surface area contributed by atoms with Gasteiger partial charge in [-0.3, -0.25) is 0 Å². The minimum absolute atomic E-state index is 0.351. The van der Waals surface area contributed by atoms with E-state index in [0.29, 0.717) is 11.8 Å². The zero-order valence-electron chi connectivity index (χ0n) is 8.79. The average Bonchev–Trinajstić information content (AvgIpc) is 2.68. The van der Waals surface area contributed by atoms with Crippen LogP contribution >= 0.6 is 0 Å². The summed E-state index contributed by atoms with van der Waals surface area (Å²) >= 11 is 0. The smallest absolute Gasteiger partial charge is 0.231 e. The molecule has 0 amide bonds. The van der Waals surface area contributed by atoms with Gasteiger partial charge < -0.3 is 9.84 Å². The first-order chi connectivity index (χ1) is 6.77. The predicted octanol–water partition coefficient (Wildman–Crippen LogP) is 1.66. The molecule has 1 aromatic heterocycles. The third-order valence-corrected chi connectivity index (χ3v) is 2.62. The molecule has 1 saturated heterocycles. The summed E-state index contributed by atoms with van der Waals surface area (Å²) < 4.78 is 5.26. The normalized spacial score (nSPS) is 22.9. The van der Waals surface area contributed by atoms with Gasteiger partial charge in [-0.05, 0) is 19.4 Å². The molecule has 14 heavy (non-hydrogen) atoms. The highest BCUT2D eigenvalue weighted by Gasteiger charge is 2.21. The van der Waals surface area contributed by atoms with Crippen molar-refractivity contribution in [3.63, 3.8) is 0 Å². The first kappa shape index (κ1) is 9.65. The number of aromatic nitrogens is 2. The average molecular weight is 195 g/mol. The van der Waals surface area contributed by atoms with Gasteiger partial charge in [-0.2, -0.15) is 4.98 Å². The minimum Gasteiger partial charge on any atom is -0.339 e. The van der Waals surface area contributed by atoms with E-state index in [2.05, 4.69) is 29.3 Å². The molecule has 0 radical (unpaired) electrons. The molecule has 2 heterocycles. The summed E-state index contributed by atoms with van der Waals surface area (Å²) in [5.74, 6) is 2.40. The van der Waals surface area contributed by atoms with E-state index in [4.69, 9.17) is 4.52 Å². The van der Waals surface area contributed by atoms with Crippen molar-refractivity contribution in [1.29, 1.82) is 0 Å². The molecule has 1 aromatic rings. The SMILES string of the molecule is CC(C)c1noc([C@@H]2CCCNC2)n1. The van der Waals surface area contributed by atoms with Crippen LogP contribution in [-0.4, -0.2) is 23.2 Å². The molecule has 0 spiro atoms. The zero-order valence-corrected chi connectivity index (χ0v) is 8.79. The maximum atomic E-state index is 5.26. The van der Waals surface area contributed by atoms with Crippen molar-refractivity contribution in [2.75, 3.05) is 13.1 Å². The molecular formula is C10H17N3O. The van der Waals surface area contributed by atoms with E-state index < -0.39 is 0 Å². The van der Waals surface area contributed by atoms with E-state index >= 15 is 0 Å². The second-order valence-corrected chi connectivity index (χ2v) is 4.19. The van der Waals surface area contributed by atoms with Crippen molar-refractivity contribution in [1.82, 2.24) is 15.5 Å². The van der Waals surface area contributed by atoms with Crippen LogP contribution in [0.4, 0.5) is 0 Å². The van der Waals surface area contributed by atoms with Crippen LogP contribution in [0.5, 0.6) is 0 Å². The van der Waals surface area contributed by atoms with Gasteiger partial charge in [0, 0.05) is 12.5 Å². The third-order valence-electron chi connectivity index (χ3n) is 2.62. The monoisotopic (exact) mass is 195 g/mol. The van der Waals surface area contributed by atoms with Crippen LogP contribution < -0.4 is 5.32 Å². The number of nitrogens with zero attached hydrogens (tertiary/aromatic N) is 2. The molecule has 1 fully saturated rings. The van der Waals surface area contributed by atoms with Crippen LogP contribution in [0.15, 0.2) is 4.52 Å². The summed E-state index contributed by atoms with van der Waals surface area (Å²) in [5, 5.41) is 7.32. The Balaban J connectivity index is 2.07. The van der Waals surface area contributed by atoms with Gasteiger partial charge >= 0.3 is 0 Å². The van der Waals surface area contributed by atoms with Crippen molar-refractivity contribution < 1.29 is 4.52 Å². The summed E-state index contributed by atoms with van der Waals surface area (Å²) in [6.07, 6.45) is 2.36. The summed E-state index contributed by atoms with van der Waals surface area (Å²) in [7, 11) is 0. The van der Waals surface area contributed by atoms with Crippen molar-refractivity contribution in [3.05, 3.63) is 11.7 Å². The van der Waals surface area contributed by atoms with Crippen LogP contribution in [-0.2, 0) is 0 Å². The van der Waals surface area contributed by atoms with Gasteiger partial charge in [-0.15, -0.1) is 0 Å². The fraction of sp³-hybridized carbons (Fsp3) is 0.800. The van der Waals surface area contributed by atoms with E-state index in [1.54, 1.807) is 0 Å². The Morgan fingerprint density at radius 1 is 1.50 bits per heavy atom. The number of rotatable bonds is 2. The molecule has 78 valence electrons. The van der Waals surface area contributed by atoms with Crippen LogP contribution in [0.1, 0.15) is 50.2 Å². The van der Waals surface area contributed by atoms with Gasteiger partial charge in [0.15, 0.2) is 5.82 Å². The number of piperidine rings is 1. The molecule has 0 aromatic carbocycles. The number of hydrogen-bond acceptors (Lipinski definition) is 4. The quantitative estimate of drug-likeness (QED) is 0.779. The molecule has 1 atom stereocenters. The molecule has 0 aliphatic carbocycles. The Bertz CT molecular complexity index is 289. The maximum Gasteiger partial charge on any atom is 0.231 e. The molecular weight excluding hydrogens is 178 g/mol. The molecule has 0 unspecified atom stereocenters. The van der Waals surface area contributed by atoms with Crippen molar-refractivity contribution in [3.8, 4) is 0 Å². The molecule has 0 saturated carbocycles. The lowest BCUT2D eigenvalue weighted by Gasteiger charge is -2.18. The number of hydrogen-bond donors (Lipinski definition) is 1. The molecule has 4 heteroatoms. The Labute approximate surface area is 84.1 Å². The summed E-state index contributed by atoms with van der Waals surface area (Å²) in [5.41, 5.74) is 0. The van der Waals surface area contributed by atoms with Gasteiger partial charge in [-0.1, -0.05) is 19.0 Å².